The number of nitrogens with zero attached hydrogens (tertiary/aromatic N) is 1. The maximum atomic E-state index is 11.2. The highest BCUT2D eigenvalue weighted by Gasteiger charge is 2.21. The molecule has 0 N–H and O–H groups in total. The second kappa shape index (κ2) is 9.16. The molecule has 0 bridgehead atoms. The van der Waals surface area contributed by atoms with E-state index in [0.717, 1.165) is 11.0 Å². The van der Waals surface area contributed by atoms with Crippen molar-refractivity contribution in [1.29, 1.82) is 0 Å². The SMILES string of the molecule is CC=CC(=O)OCCO[P+](=O)OCC[N+](C)(C)C. The second-order valence-electron chi connectivity index (χ2n) is 4.57. The topological polar surface area (TPSA) is 61.8 Å². The molecular weight excluding hydrogens is 257 g/mol. The van der Waals surface area contributed by atoms with Gasteiger partial charge in [-0.25, -0.2) is 4.79 Å². The van der Waals surface area contributed by atoms with Gasteiger partial charge in [-0.1, -0.05) is 6.08 Å². The highest BCUT2D eigenvalue weighted by atomic mass is 31.1. The lowest BCUT2D eigenvalue weighted by Gasteiger charge is -2.21. The van der Waals surface area contributed by atoms with Crippen molar-refractivity contribution < 1.29 is 27.6 Å². The summed E-state index contributed by atoms with van der Waals surface area (Å²) in [6, 6.07) is 0. The first kappa shape index (κ1) is 17.2. The number of quaternary nitrogens is 1. The fourth-order valence-electron chi connectivity index (χ4n) is 0.865. The van der Waals surface area contributed by atoms with Crippen LogP contribution in [0.15, 0.2) is 12.2 Å². The summed E-state index contributed by atoms with van der Waals surface area (Å²) in [7, 11) is 3.89. The van der Waals surface area contributed by atoms with E-state index in [1.807, 2.05) is 21.1 Å². The van der Waals surface area contributed by atoms with E-state index in [0.29, 0.717) is 6.61 Å². The van der Waals surface area contributed by atoms with Gasteiger partial charge in [0.05, 0.1) is 21.1 Å². The smallest absolute Gasteiger partial charge is 0.460 e. The minimum Gasteiger partial charge on any atom is -0.460 e. The Morgan fingerprint density at radius 1 is 1.17 bits per heavy atom. The summed E-state index contributed by atoms with van der Waals surface area (Å²) in [6.45, 7) is 2.93. The minimum absolute atomic E-state index is 0.0584. The zero-order valence-electron chi connectivity index (χ0n) is 11.4. The number of likely N-dealkylation sites (N-methyl/N-ethyl adjacent to an activating group) is 1. The molecule has 0 radical (unpaired) electrons. The minimum atomic E-state index is -2.14. The molecule has 1 atom stereocenters. The zero-order valence-corrected chi connectivity index (χ0v) is 12.3. The number of carbonyl (C=O) groups is 1. The summed E-state index contributed by atoms with van der Waals surface area (Å²) in [5, 5.41) is 0. The van der Waals surface area contributed by atoms with Crippen LogP contribution in [0.25, 0.3) is 0 Å². The Morgan fingerprint density at radius 3 is 2.33 bits per heavy atom. The van der Waals surface area contributed by atoms with Crippen LogP contribution in [0.1, 0.15) is 6.92 Å². The van der Waals surface area contributed by atoms with Crippen molar-refractivity contribution in [3.63, 3.8) is 0 Å². The lowest BCUT2D eigenvalue weighted by atomic mass is 10.5. The Kier molecular flexibility index (Phi) is 8.75. The van der Waals surface area contributed by atoms with Gasteiger partial charge >= 0.3 is 14.2 Å². The van der Waals surface area contributed by atoms with E-state index in [4.69, 9.17) is 13.8 Å². The van der Waals surface area contributed by atoms with Gasteiger partial charge in [-0.15, -0.1) is 9.05 Å². The molecule has 0 aromatic carbocycles. The van der Waals surface area contributed by atoms with Crippen molar-refractivity contribution in [3.05, 3.63) is 12.2 Å². The molecule has 0 amide bonds. The van der Waals surface area contributed by atoms with E-state index in [9.17, 15) is 9.36 Å². The monoisotopic (exact) mass is 279 g/mol. The molecule has 0 spiro atoms. The number of carbonyl (C=O) groups excluding carboxylic acids is 1. The normalized spacial score (nSPS) is 12.8. The Morgan fingerprint density at radius 2 is 1.78 bits per heavy atom. The van der Waals surface area contributed by atoms with E-state index >= 15 is 0 Å². The van der Waals surface area contributed by atoms with E-state index in [2.05, 4.69) is 0 Å². The average molecular weight is 279 g/mol. The fraction of sp³-hybridized carbons (Fsp3) is 0.727. The van der Waals surface area contributed by atoms with E-state index in [-0.39, 0.29) is 13.2 Å². The Labute approximate surface area is 109 Å². The number of ether oxygens (including phenoxy) is 1. The van der Waals surface area contributed by atoms with Crippen molar-refractivity contribution in [3.8, 4) is 0 Å². The molecule has 0 fully saturated rings. The lowest BCUT2D eigenvalue weighted by Crippen LogP contribution is -2.37. The molecule has 0 heterocycles. The van der Waals surface area contributed by atoms with Crippen LogP contribution < -0.4 is 0 Å². The fourth-order valence-corrected chi connectivity index (χ4v) is 1.39. The Bertz CT molecular complexity index is 298. The van der Waals surface area contributed by atoms with Crippen LogP contribution in [0, 0.1) is 0 Å². The summed E-state index contributed by atoms with van der Waals surface area (Å²) < 4.78 is 26.6. The molecule has 0 aliphatic rings. The van der Waals surface area contributed by atoms with Crippen LogP contribution in [0.4, 0.5) is 0 Å². The molecule has 6 nitrogen and oxygen atoms in total. The first-order valence-corrected chi connectivity index (χ1v) is 6.77. The van der Waals surface area contributed by atoms with Gasteiger partial charge in [0, 0.05) is 10.6 Å². The van der Waals surface area contributed by atoms with Gasteiger partial charge in [0.2, 0.25) is 0 Å². The van der Waals surface area contributed by atoms with Crippen molar-refractivity contribution in [2.45, 2.75) is 6.92 Å². The summed E-state index contributed by atoms with van der Waals surface area (Å²) >= 11 is 0. The van der Waals surface area contributed by atoms with Crippen LogP contribution in [-0.4, -0.2) is 58.0 Å². The van der Waals surface area contributed by atoms with Gasteiger partial charge < -0.3 is 9.22 Å². The van der Waals surface area contributed by atoms with Crippen LogP contribution in [0.2, 0.25) is 0 Å². The molecule has 7 heteroatoms. The van der Waals surface area contributed by atoms with Gasteiger partial charge in [-0.2, -0.15) is 0 Å². The van der Waals surface area contributed by atoms with Crippen LogP contribution >= 0.6 is 8.25 Å². The molecule has 0 aliphatic carbocycles. The third-order valence-corrected chi connectivity index (χ3v) is 2.57. The highest BCUT2D eigenvalue weighted by molar-refractivity contribution is 7.33. The van der Waals surface area contributed by atoms with Gasteiger partial charge in [0.25, 0.3) is 0 Å². The van der Waals surface area contributed by atoms with Crippen LogP contribution in [0.5, 0.6) is 0 Å². The predicted molar refractivity (Wildman–Crippen MR) is 68.2 cm³/mol. The Hall–Kier alpha value is -0.810. The van der Waals surface area contributed by atoms with Crippen molar-refractivity contribution in [2.24, 2.45) is 0 Å². The van der Waals surface area contributed by atoms with E-state index < -0.39 is 14.2 Å². The van der Waals surface area contributed by atoms with Crippen molar-refractivity contribution >= 4 is 14.2 Å². The summed E-state index contributed by atoms with van der Waals surface area (Å²) in [5.41, 5.74) is 0. The number of hydrogen-bond acceptors (Lipinski definition) is 5. The molecule has 0 aliphatic heterocycles. The molecule has 0 saturated heterocycles. The van der Waals surface area contributed by atoms with Crippen molar-refractivity contribution in [2.75, 3.05) is 47.5 Å². The quantitative estimate of drug-likeness (QED) is 0.210. The average Bonchev–Trinajstić information content (AvgIpc) is 2.23. The van der Waals surface area contributed by atoms with E-state index in [1.54, 1.807) is 13.0 Å². The van der Waals surface area contributed by atoms with Crippen molar-refractivity contribution in [1.82, 2.24) is 0 Å². The summed E-state index contributed by atoms with van der Waals surface area (Å²) in [6.07, 6.45) is 2.88. The number of esters is 1. The number of allylic oxidation sites excluding steroid dienone is 1. The molecule has 0 aromatic heterocycles. The first-order chi connectivity index (χ1) is 8.35. The molecule has 0 saturated carbocycles. The van der Waals surface area contributed by atoms with Gasteiger partial charge in [-0.05, 0) is 6.92 Å². The maximum Gasteiger partial charge on any atom is 0.697 e. The molecular formula is C11H22NO5P+2. The lowest BCUT2D eigenvalue weighted by molar-refractivity contribution is -0.870. The highest BCUT2D eigenvalue weighted by Crippen LogP contribution is 2.22. The maximum absolute atomic E-state index is 11.2. The second-order valence-corrected chi connectivity index (χ2v) is 5.54. The Balaban J connectivity index is 3.51. The largest absolute Gasteiger partial charge is 0.697 e. The third-order valence-electron chi connectivity index (χ3n) is 1.79. The van der Waals surface area contributed by atoms with Crippen LogP contribution in [0.3, 0.4) is 0 Å². The van der Waals surface area contributed by atoms with Gasteiger partial charge in [-0.3, -0.25) is 0 Å². The predicted octanol–water partition coefficient (Wildman–Crippen LogP) is 1.50. The number of rotatable bonds is 9. The standard InChI is InChI=1S/C11H22NO5P/c1-5-6-11(13)15-9-10-17-18(14)16-8-7-12(2,3)4/h5-6H,7-10H2,1-4H3/q+2. The van der Waals surface area contributed by atoms with E-state index in [1.165, 1.54) is 6.08 Å². The molecule has 1 unspecified atom stereocenters. The third kappa shape index (κ3) is 11.7. The zero-order chi connectivity index (χ0) is 14.0. The molecule has 18 heavy (non-hydrogen) atoms. The van der Waals surface area contributed by atoms with Gasteiger partial charge in [0.15, 0.2) is 6.61 Å². The first-order valence-electron chi connectivity index (χ1n) is 5.68. The summed E-state index contributed by atoms with van der Waals surface area (Å²) in [5.74, 6) is -0.442. The molecule has 104 valence electrons. The van der Waals surface area contributed by atoms with Gasteiger partial charge in [0.1, 0.15) is 19.8 Å². The number of hydrogen-bond donors (Lipinski definition) is 0. The molecule has 0 rings (SSSR count). The summed E-state index contributed by atoms with van der Waals surface area (Å²) in [4.78, 5) is 10.9. The van der Waals surface area contributed by atoms with Crippen LogP contribution in [-0.2, 0) is 23.1 Å². The molecule has 0 aromatic rings.